The van der Waals surface area contributed by atoms with Crippen LogP contribution in [0.5, 0.6) is 11.5 Å². The zero-order valence-corrected chi connectivity index (χ0v) is 13.7. The maximum absolute atomic E-state index is 6.51. The van der Waals surface area contributed by atoms with Gasteiger partial charge in [-0.1, -0.05) is 24.3 Å². The minimum Gasteiger partial charge on any atom is -0.496 e. The molecule has 110 valence electrons. The molecule has 0 bridgehead atoms. The third-order valence-electron chi connectivity index (χ3n) is 4.19. The van der Waals surface area contributed by atoms with Gasteiger partial charge in [0.2, 0.25) is 0 Å². The predicted octanol–water partition coefficient (Wildman–Crippen LogP) is 3.81. The number of rotatable bonds is 4. The van der Waals surface area contributed by atoms with Gasteiger partial charge in [-0.05, 0) is 45.6 Å². The van der Waals surface area contributed by atoms with Crippen molar-refractivity contribution in [1.29, 1.82) is 0 Å². The van der Waals surface area contributed by atoms with E-state index in [4.69, 9.17) is 15.2 Å². The molecule has 2 unspecified atom stereocenters. The second kappa shape index (κ2) is 5.70. The van der Waals surface area contributed by atoms with Gasteiger partial charge in [0.1, 0.15) is 11.5 Å². The second-order valence-electron chi connectivity index (χ2n) is 5.26. The quantitative estimate of drug-likeness (QED) is 0.914. The molecule has 0 saturated carbocycles. The highest BCUT2D eigenvalue weighted by atomic mass is 79.9. The van der Waals surface area contributed by atoms with Gasteiger partial charge in [-0.15, -0.1) is 0 Å². The van der Waals surface area contributed by atoms with E-state index in [2.05, 4.69) is 40.2 Å². The summed E-state index contributed by atoms with van der Waals surface area (Å²) in [4.78, 5) is 0. The van der Waals surface area contributed by atoms with E-state index in [1.807, 2.05) is 12.1 Å². The van der Waals surface area contributed by atoms with E-state index in [1.165, 1.54) is 11.1 Å². The Kier molecular flexibility index (Phi) is 3.91. The van der Waals surface area contributed by atoms with Crippen LogP contribution in [-0.4, -0.2) is 14.2 Å². The smallest absolute Gasteiger partial charge is 0.133 e. The van der Waals surface area contributed by atoms with Gasteiger partial charge in [-0.25, -0.2) is 0 Å². The Morgan fingerprint density at radius 3 is 2.52 bits per heavy atom. The van der Waals surface area contributed by atoms with Gasteiger partial charge in [0.15, 0.2) is 0 Å². The number of fused-ring (bicyclic) bond motifs is 1. The zero-order valence-electron chi connectivity index (χ0n) is 12.1. The fourth-order valence-corrected chi connectivity index (χ4v) is 3.46. The van der Waals surface area contributed by atoms with Crippen molar-refractivity contribution in [3.8, 4) is 11.5 Å². The molecule has 21 heavy (non-hydrogen) atoms. The Hall–Kier alpha value is -1.52. The molecular weight excluding hydrogens is 330 g/mol. The minimum atomic E-state index is -0.100. The summed E-state index contributed by atoms with van der Waals surface area (Å²) in [6.45, 7) is 0. The van der Waals surface area contributed by atoms with E-state index in [0.29, 0.717) is 5.92 Å². The lowest BCUT2D eigenvalue weighted by Crippen LogP contribution is -2.29. The van der Waals surface area contributed by atoms with Gasteiger partial charge < -0.3 is 15.2 Å². The molecular formula is C17H18BrNO2. The van der Waals surface area contributed by atoms with Crippen molar-refractivity contribution in [3.63, 3.8) is 0 Å². The van der Waals surface area contributed by atoms with Gasteiger partial charge >= 0.3 is 0 Å². The third kappa shape index (κ3) is 2.43. The Morgan fingerprint density at radius 2 is 1.86 bits per heavy atom. The molecule has 0 amide bonds. The molecule has 1 aliphatic carbocycles. The number of hydrogen-bond donors (Lipinski definition) is 1. The minimum absolute atomic E-state index is 0.100. The number of nitrogens with two attached hydrogens (primary N) is 1. The first-order chi connectivity index (χ1) is 10.2. The van der Waals surface area contributed by atoms with Gasteiger partial charge in [0.05, 0.1) is 18.7 Å². The monoisotopic (exact) mass is 347 g/mol. The standard InChI is InChI=1S/C17H18BrNO2/c1-20-15-9-14(18)16(21-2)8-13(15)17(19)12-7-10-5-3-4-6-11(10)12/h3-6,8-9,12,17H,7,19H2,1-2H3. The molecule has 0 fully saturated rings. The molecule has 2 N–H and O–H groups in total. The molecule has 2 atom stereocenters. The zero-order chi connectivity index (χ0) is 15.0. The Bertz CT molecular complexity index is 672. The Balaban J connectivity index is 1.97. The van der Waals surface area contributed by atoms with Crippen LogP contribution in [0.25, 0.3) is 0 Å². The van der Waals surface area contributed by atoms with Crippen LogP contribution in [0, 0.1) is 0 Å². The van der Waals surface area contributed by atoms with Crippen molar-refractivity contribution in [3.05, 3.63) is 57.6 Å². The van der Waals surface area contributed by atoms with Gasteiger partial charge in [0, 0.05) is 17.5 Å². The van der Waals surface area contributed by atoms with Crippen molar-refractivity contribution in [1.82, 2.24) is 0 Å². The van der Waals surface area contributed by atoms with E-state index >= 15 is 0 Å². The first-order valence-electron chi connectivity index (χ1n) is 6.90. The van der Waals surface area contributed by atoms with Crippen LogP contribution in [0.15, 0.2) is 40.9 Å². The van der Waals surface area contributed by atoms with Crippen molar-refractivity contribution in [2.75, 3.05) is 14.2 Å². The fraction of sp³-hybridized carbons (Fsp3) is 0.294. The highest BCUT2D eigenvalue weighted by molar-refractivity contribution is 9.10. The van der Waals surface area contributed by atoms with Crippen LogP contribution in [-0.2, 0) is 6.42 Å². The van der Waals surface area contributed by atoms with Crippen LogP contribution in [0.4, 0.5) is 0 Å². The van der Waals surface area contributed by atoms with E-state index in [-0.39, 0.29) is 6.04 Å². The third-order valence-corrected chi connectivity index (χ3v) is 4.81. The molecule has 4 heteroatoms. The fourth-order valence-electron chi connectivity index (χ4n) is 2.98. The largest absolute Gasteiger partial charge is 0.496 e. The van der Waals surface area contributed by atoms with E-state index in [9.17, 15) is 0 Å². The Labute approximate surface area is 133 Å². The highest BCUT2D eigenvalue weighted by Crippen LogP contribution is 2.46. The molecule has 0 aliphatic heterocycles. The SMILES string of the molecule is COc1cc(C(N)C2Cc3ccccc32)c(OC)cc1Br. The van der Waals surface area contributed by atoms with Crippen molar-refractivity contribution < 1.29 is 9.47 Å². The van der Waals surface area contributed by atoms with Gasteiger partial charge in [0.25, 0.3) is 0 Å². The lowest BCUT2D eigenvalue weighted by Gasteiger charge is -2.35. The van der Waals surface area contributed by atoms with Gasteiger partial charge in [-0.2, -0.15) is 0 Å². The maximum atomic E-state index is 6.51. The van der Waals surface area contributed by atoms with Crippen LogP contribution >= 0.6 is 15.9 Å². The molecule has 1 aliphatic rings. The average molecular weight is 348 g/mol. The van der Waals surface area contributed by atoms with Crippen LogP contribution in [0.1, 0.15) is 28.7 Å². The number of ether oxygens (including phenoxy) is 2. The molecule has 0 spiro atoms. The summed E-state index contributed by atoms with van der Waals surface area (Å²) in [6, 6.07) is 12.2. The molecule has 3 rings (SSSR count). The Morgan fingerprint density at radius 1 is 1.14 bits per heavy atom. The summed E-state index contributed by atoms with van der Waals surface area (Å²) in [7, 11) is 3.32. The first kappa shape index (κ1) is 14.4. The summed E-state index contributed by atoms with van der Waals surface area (Å²) < 4.78 is 11.7. The van der Waals surface area contributed by atoms with Crippen molar-refractivity contribution >= 4 is 15.9 Å². The highest BCUT2D eigenvalue weighted by Gasteiger charge is 2.33. The average Bonchev–Trinajstić information content (AvgIpc) is 2.48. The van der Waals surface area contributed by atoms with E-state index < -0.39 is 0 Å². The number of benzene rings is 2. The summed E-state index contributed by atoms with van der Waals surface area (Å²) in [5.41, 5.74) is 10.2. The summed E-state index contributed by atoms with van der Waals surface area (Å²) in [6.07, 6.45) is 1.01. The predicted molar refractivity (Wildman–Crippen MR) is 87.1 cm³/mol. The number of hydrogen-bond acceptors (Lipinski definition) is 3. The summed E-state index contributed by atoms with van der Waals surface area (Å²) in [5.74, 6) is 1.90. The molecule has 0 aromatic heterocycles. The molecule has 0 heterocycles. The molecule has 0 saturated heterocycles. The van der Waals surface area contributed by atoms with Crippen LogP contribution in [0.3, 0.4) is 0 Å². The van der Waals surface area contributed by atoms with Crippen LogP contribution in [0.2, 0.25) is 0 Å². The second-order valence-corrected chi connectivity index (χ2v) is 6.12. The first-order valence-corrected chi connectivity index (χ1v) is 7.69. The number of methoxy groups -OCH3 is 2. The van der Waals surface area contributed by atoms with Gasteiger partial charge in [-0.3, -0.25) is 0 Å². The van der Waals surface area contributed by atoms with Crippen LogP contribution < -0.4 is 15.2 Å². The topological polar surface area (TPSA) is 44.5 Å². The summed E-state index contributed by atoms with van der Waals surface area (Å²) >= 11 is 3.48. The number of halogens is 1. The van der Waals surface area contributed by atoms with Crippen molar-refractivity contribution in [2.45, 2.75) is 18.4 Å². The molecule has 2 aromatic carbocycles. The van der Waals surface area contributed by atoms with Crippen molar-refractivity contribution in [2.24, 2.45) is 5.73 Å². The van der Waals surface area contributed by atoms with E-state index in [0.717, 1.165) is 28.0 Å². The normalized spacial score (nSPS) is 17.6. The lowest BCUT2D eigenvalue weighted by molar-refractivity contribution is 0.385. The maximum Gasteiger partial charge on any atom is 0.133 e. The molecule has 2 aromatic rings. The molecule has 3 nitrogen and oxygen atoms in total. The molecule has 0 radical (unpaired) electrons. The van der Waals surface area contributed by atoms with E-state index in [1.54, 1.807) is 14.2 Å². The summed E-state index contributed by atoms with van der Waals surface area (Å²) in [5, 5.41) is 0. The lowest BCUT2D eigenvalue weighted by atomic mass is 9.72.